The summed E-state index contributed by atoms with van der Waals surface area (Å²) in [7, 11) is 0. The van der Waals surface area contributed by atoms with Crippen LogP contribution in [0.1, 0.15) is 11.1 Å². The summed E-state index contributed by atoms with van der Waals surface area (Å²) in [6, 6.07) is 17.9. The summed E-state index contributed by atoms with van der Waals surface area (Å²) in [4.78, 5) is 22.9. The van der Waals surface area contributed by atoms with Crippen LogP contribution in [-0.4, -0.2) is 17.3 Å². The van der Waals surface area contributed by atoms with Crippen LogP contribution in [0.5, 0.6) is 5.75 Å². The maximum absolute atomic E-state index is 12.3. The fourth-order valence-electron chi connectivity index (χ4n) is 3.28. The van der Waals surface area contributed by atoms with Crippen molar-refractivity contribution in [2.75, 3.05) is 6.61 Å². The van der Waals surface area contributed by atoms with Crippen LogP contribution in [0.15, 0.2) is 65.1 Å². The number of benzene rings is 3. The van der Waals surface area contributed by atoms with Crippen molar-refractivity contribution < 1.29 is 18.9 Å². The van der Waals surface area contributed by atoms with Crippen LogP contribution >= 0.6 is 0 Å². The Morgan fingerprint density at radius 1 is 1.04 bits per heavy atom. The lowest BCUT2D eigenvalue weighted by molar-refractivity contribution is -0.385. The third kappa shape index (κ3) is 3.32. The van der Waals surface area contributed by atoms with Crippen molar-refractivity contribution in [3.05, 3.63) is 81.9 Å². The van der Waals surface area contributed by atoms with Crippen LogP contribution in [0.4, 0.5) is 5.69 Å². The molecule has 6 heteroatoms. The number of nitro groups is 1. The van der Waals surface area contributed by atoms with Crippen molar-refractivity contribution in [3.8, 4) is 5.75 Å². The van der Waals surface area contributed by atoms with E-state index in [1.807, 2.05) is 36.4 Å². The molecule has 140 valence electrons. The molecule has 0 spiro atoms. The Labute approximate surface area is 160 Å². The number of ketones is 1. The van der Waals surface area contributed by atoms with E-state index in [1.165, 1.54) is 6.07 Å². The van der Waals surface area contributed by atoms with E-state index in [0.29, 0.717) is 16.9 Å². The monoisotopic (exact) mass is 375 g/mol. The van der Waals surface area contributed by atoms with Gasteiger partial charge in [-0.3, -0.25) is 14.9 Å². The Bertz CT molecular complexity index is 1210. The topological polar surface area (TPSA) is 82.6 Å². The van der Waals surface area contributed by atoms with Gasteiger partial charge in [0.25, 0.3) is 5.69 Å². The molecule has 4 aromatic rings. The van der Waals surface area contributed by atoms with Crippen LogP contribution in [0.3, 0.4) is 0 Å². The van der Waals surface area contributed by atoms with Crippen molar-refractivity contribution in [1.82, 2.24) is 0 Å². The molecule has 0 N–H and O–H groups in total. The third-order valence-corrected chi connectivity index (χ3v) is 4.75. The van der Waals surface area contributed by atoms with Gasteiger partial charge in [-0.15, -0.1) is 0 Å². The van der Waals surface area contributed by atoms with Gasteiger partial charge < -0.3 is 9.15 Å². The number of furan rings is 1. The summed E-state index contributed by atoms with van der Waals surface area (Å²) in [6.45, 7) is 1.54. The van der Waals surface area contributed by atoms with Gasteiger partial charge in [0.15, 0.2) is 5.78 Å². The quantitative estimate of drug-likeness (QED) is 0.350. The largest absolute Gasteiger partial charge is 0.486 e. The zero-order valence-electron chi connectivity index (χ0n) is 15.2. The Hall–Kier alpha value is -3.67. The molecule has 0 saturated heterocycles. The molecule has 0 unspecified atom stereocenters. The summed E-state index contributed by atoms with van der Waals surface area (Å²) >= 11 is 0. The number of ether oxygens (including phenoxy) is 1. The Morgan fingerprint density at radius 2 is 1.82 bits per heavy atom. The van der Waals surface area contributed by atoms with Gasteiger partial charge >= 0.3 is 0 Å². The van der Waals surface area contributed by atoms with E-state index < -0.39 is 4.92 Å². The molecule has 0 amide bonds. The summed E-state index contributed by atoms with van der Waals surface area (Å²) in [5.74, 6) is 0.420. The second-order valence-corrected chi connectivity index (χ2v) is 6.58. The third-order valence-electron chi connectivity index (χ3n) is 4.75. The van der Waals surface area contributed by atoms with Crippen LogP contribution in [-0.2, 0) is 11.2 Å². The predicted molar refractivity (Wildman–Crippen MR) is 106 cm³/mol. The molecule has 0 fully saturated rings. The van der Waals surface area contributed by atoms with Gasteiger partial charge in [0.2, 0.25) is 0 Å². The smallest absolute Gasteiger partial charge is 0.272 e. The number of nitro benzene ring substituents is 1. The van der Waals surface area contributed by atoms with Crippen LogP contribution < -0.4 is 4.74 Å². The number of rotatable bonds is 6. The van der Waals surface area contributed by atoms with Crippen molar-refractivity contribution in [1.29, 1.82) is 0 Å². The van der Waals surface area contributed by atoms with Crippen molar-refractivity contribution in [2.45, 2.75) is 13.3 Å². The summed E-state index contributed by atoms with van der Waals surface area (Å²) in [5, 5.41) is 13.0. The van der Waals surface area contributed by atoms with Gasteiger partial charge in [-0.1, -0.05) is 30.3 Å². The maximum Gasteiger partial charge on any atom is 0.272 e. The van der Waals surface area contributed by atoms with Crippen molar-refractivity contribution >= 4 is 33.4 Å². The van der Waals surface area contributed by atoms with Crippen LogP contribution in [0, 0.1) is 17.0 Å². The first kappa shape index (κ1) is 17.7. The van der Waals surface area contributed by atoms with E-state index in [4.69, 9.17) is 9.15 Å². The SMILES string of the molecule is Cc1c(CC(=O)COc2ccc3oc4ccccc4c3c2)cccc1[N+](=O)[O-]. The highest BCUT2D eigenvalue weighted by atomic mass is 16.6. The lowest BCUT2D eigenvalue weighted by atomic mass is 10.0. The Kier molecular flexibility index (Phi) is 4.53. The highest BCUT2D eigenvalue weighted by Crippen LogP contribution is 2.31. The Morgan fingerprint density at radius 3 is 2.64 bits per heavy atom. The number of carbonyl (C=O) groups is 1. The molecule has 0 atom stereocenters. The molecule has 1 aromatic heterocycles. The molecule has 0 bridgehead atoms. The number of Topliss-reactive ketones (excluding diaryl/α,β-unsaturated/α-hetero) is 1. The normalized spacial score (nSPS) is 11.0. The molecule has 0 aliphatic rings. The molecule has 4 rings (SSSR count). The highest BCUT2D eigenvalue weighted by molar-refractivity contribution is 6.05. The zero-order chi connectivity index (χ0) is 19.7. The van der Waals surface area contributed by atoms with E-state index in [0.717, 1.165) is 21.9 Å². The molecule has 0 aliphatic carbocycles. The number of nitrogens with zero attached hydrogens (tertiary/aromatic N) is 1. The molecular weight excluding hydrogens is 358 g/mol. The van der Waals surface area contributed by atoms with Crippen LogP contribution in [0.25, 0.3) is 21.9 Å². The average molecular weight is 375 g/mol. The van der Waals surface area contributed by atoms with Gasteiger partial charge in [0, 0.05) is 28.8 Å². The molecule has 28 heavy (non-hydrogen) atoms. The van der Waals surface area contributed by atoms with E-state index in [-0.39, 0.29) is 24.5 Å². The molecular formula is C22H17NO5. The minimum Gasteiger partial charge on any atom is -0.486 e. The number of para-hydroxylation sites is 1. The first-order chi connectivity index (χ1) is 13.5. The first-order valence-corrected chi connectivity index (χ1v) is 8.81. The van der Waals surface area contributed by atoms with Gasteiger partial charge in [-0.05, 0) is 36.8 Å². The maximum atomic E-state index is 12.3. The summed E-state index contributed by atoms with van der Waals surface area (Å²) in [5.41, 5.74) is 2.72. The molecule has 0 saturated carbocycles. The van der Waals surface area contributed by atoms with Gasteiger partial charge in [-0.2, -0.15) is 0 Å². The van der Waals surface area contributed by atoms with E-state index >= 15 is 0 Å². The summed E-state index contributed by atoms with van der Waals surface area (Å²) < 4.78 is 11.4. The zero-order valence-corrected chi connectivity index (χ0v) is 15.2. The van der Waals surface area contributed by atoms with Gasteiger partial charge in [0.1, 0.15) is 23.5 Å². The van der Waals surface area contributed by atoms with E-state index in [9.17, 15) is 14.9 Å². The predicted octanol–water partition coefficient (Wildman–Crippen LogP) is 4.99. The number of carbonyl (C=O) groups excluding carboxylic acids is 1. The van der Waals surface area contributed by atoms with E-state index in [1.54, 1.807) is 25.1 Å². The number of hydrogen-bond acceptors (Lipinski definition) is 5. The number of fused-ring (bicyclic) bond motifs is 3. The van der Waals surface area contributed by atoms with Crippen LogP contribution in [0.2, 0.25) is 0 Å². The second kappa shape index (κ2) is 7.15. The fraction of sp³-hybridized carbons (Fsp3) is 0.136. The molecule has 3 aromatic carbocycles. The second-order valence-electron chi connectivity index (χ2n) is 6.58. The van der Waals surface area contributed by atoms with E-state index in [2.05, 4.69) is 0 Å². The van der Waals surface area contributed by atoms with Crippen molar-refractivity contribution in [2.24, 2.45) is 0 Å². The standard InChI is InChI=1S/C22H17NO5/c1-14-15(5-4-7-20(14)23(25)26)11-16(24)13-27-17-9-10-22-19(12-17)18-6-2-3-8-21(18)28-22/h2-10,12H,11,13H2,1H3. The molecule has 0 radical (unpaired) electrons. The first-order valence-electron chi connectivity index (χ1n) is 8.81. The minimum atomic E-state index is -0.440. The highest BCUT2D eigenvalue weighted by Gasteiger charge is 2.16. The van der Waals surface area contributed by atoms with Gasteiger partial charge in [0.05, 0.1) is 4.92 Å². The Balaban J connectivity index is 1.49. The molecule has 1 heterocycles. The average Bonchev–Trinajstić information content (AvgIpc) is 3.06. The molecule has 0 aliphatic heterocycles. The fourth-order valence-corrected chi connectivity index (χ4v) is 3.28. The molecule has 6 nitrogen and oxygen atoms in total. The number of hydrogen-bond donors (Lipinski definition) is 0. The lowest BCUT2D eigenvalue weighted by Gasteiger charge is -2.08. The van der Waals surface area contributed by atoms with Crippen molar-refractivity contribution in [3.63, 3.8) is 0 Å². The summed E-state index contributed by atoms with van der Waals surface area (Å²) in [6.07, 6.45) is 0.0877. The lowest BCUT2D eigenvalue weighted by Crippen LogP contribution is -2.14. The van der Waals surface area contributed by atoms with Gasteiger partial charge in [-0.25, -0.2) is 0 Å². The minimum absolute atomic E-state index is 0.0171.